The van der Waals surface area contributed by atoms with Crippen LogP contribution in [0.25, 0.3) is 11.1 Å². The molecule has 2 aromatic carbocycles. The summed E-state index contributed by atoms with van der Waals surface area (Å²) >= 11 is 0. The van der Waals surface area contributed by atoms with Gasteiger partial charge in [0.15, 0.2) is 0 Å². The van der Waals surface area contributed by atoms with Crippen molar-refractivity contribution >= 4 is 18.0 Å². The lowest BCUT2D eigenvalue weighted by atomic mass is 9.82. The Morgan fingerprint density at radius 2 is 1.67 bits per heavy atom. The Kier molecular flexibility index (Phi) is 6.15. The van der Waals surface area contributed by atoms with E-state index in [9.17, 15) is 19.5 Å². The van der Waals surface area contributed by atoms with Crippen molar-refractivity contribution in [3.05, 3.63) is 59.7 Å². The normalized spacial score (nSPS) is 19.5. The lowest BCUT2D eigenvalue weighted by Crippen LogP contribution is -2.39. The standard InChI is InChI=1S/C26H30N2O5/c1-16(12-23(29)28-13-22(24(30)31)26(2,3)15-28)27-25(32)33-14-21-19-10-6-4-8-17(19)18-9-5-7-11-20(18)21/h4-11,16,21-22H,12-15H2,1-3H3,(H,27,32)(H,30,31). The van der Waals surface area contributed by atoms with Gasteiger partial charge in [-0.3, -0.25) is 9.59 Å². The summed E-state index contributed by atoms with van der Waals surface area (Å²) in [6.07, 6.45) is -0.477. The molecule has 1 heterocycles. The van der Waals surface area contributed by atoms with Crippen LogP contribution in [0.2, 0.25) is 0 Å². The first kappa shape index (κ1) is 22.8. The maximum Gasteiger partial charge on any atom is 0.407 e. The molecule has 2 aromatic rings. The third-order valence-electron chi connectivity index (χ3n) is 6.78. The van der Waals surface area contributed by atoms with Gasteiger partial charge in [-0.15, -0.1) is 0 Å². The minimum atomic E-state index is -0.889. The van der Waals surface area contributed by atoms with E-state index < -0.39 is 29.4 Å². The lowest BCUT2D eigenvalue weighted by molar-refractivity contribution is -0.144. The average molecular weight is 451 g/mol. The first-order valence-electron chi connectivity index (χ1n) is 11.3. The zero-order chi connectivity index (χ0) is 23.8. The predicted molar refractivity (Wildman–Crippen MR) is 124 cm³/mol. The minimum absolute atomic E-state index is 0.0279. The molecule has 7 heteroatoms. The maximum absolute atomic E-state index is 12.7. The second-order valence-electron chi connectivity index (χ2n) is 9.73. The van der Waals surface area contributed by atoms with E-state index in [1.165, 1.54) is 0 Å². The van der Waals surface area contributed by atoms with Gasteiger partial charge in [0, 0.05) is 31.5 Å². The SMILES string of the molecule is CC(CC(=O)N1CC(C(=O)O)C(C)(C)C1)NC(=O)OCC1c2ccccc2-c2ccccc21. The highest BCUT2D eigenvalue weighted by Crippen LogP contribution is 2.44. The van der Waals surface area contributed by atoms with Crippen LogP contribution in [0.4, 0.5) is 4.79 Å². The molecule has 2 aliphatic rings. The van der Waals surface area contributed by atoms with Crippen LogP contribution in [-0.4, -0.2) is 53.7 Å². The van der Waals surface area contributed by atoms with Crippen LogP contribution in [0.5, 0.6) is 0 Å². The van der Waals surface area contributed by atoms with Crippen molar-refractivity contribution < 1.29 is 24.2 Å². The summed E-state index contributed by atoms with van der Waals surface area (Å²) in [5, 5.41) is 12.1. The van der Waals surface area contributed by atoms with Gasteiger partial charge in [0.05, 0.1) is 5.92 Å². The fraction of sp³-hybridized carbons (Fsp3) is 0.423. The molecular weight excluding hydrogens is 420 g/mol. The second-order valence-corrected chi connectivity index (χ2v) is 9.73. The Bertz CT molecular complexity index is 1030. The molecule has 33 heavy (non-hydrogen) atoms. The topological polar surface area (TPSA) is 95.9 Å². The molecule has 1 aliphatic carbocycles. The number of benzene rings is 2. The van der Waals surface area contributed by atoms with Gasteiger partial charge in [-0.2, -0.15) is 0 Å². The van der Waals surface area contributed by atoms with Gasteiger partial charge in [-0.25, -0.2) is 4.79 Å². The molecule has 0 saturated carbocycles. The Balaban J connectivity index is 1.31. The number of amides is 2. The zero-order valence-electron chi connectivity index (χ0n) is 19.2. The summed E-state index contributed by atoms with van der Waals surface area (Å²) < 4.78 is 5.55. The molecular formula is C26H30N2O5. The van der Waals surface area contributed by atoms with Crippen molar-refractivity contribution in [2.24, 2.45) is 11.3 Å². The number of hydrogen-bond donors (Lipinski definition) is 2. The Labute approximate surface area is 193 Å². The van der Waals surface area contributed by atoms with Crippen molar-refractivity contribution in [2.75, 3.05) is 19.7 Å². The lowest BCUT2D eigenvalue weighted by Gasteiger charge is -2.23. The van der Waals surface area contributed by atoms with Gasteiger partial charge in [0.1, 0.15) is 6.61 Å². The quantitative estimate of drug-likeness (QED) is 0.697. The molecule has 0 radical (unpaired) electrons. The first-order valence-corrected chi connectivity index (χ1v) is 11.3. The van der Waals surface area contributed by atoms with Gasteiger partial charge >= 0.3 is 12.1 Å². The van der Waals surface area contributed by atoms with Crippen LogP contribution in [0.3, 0.4) is 0 Å². The number of alkyl carbamates (subject to hydrolysis) is 1. The Morgan fingerprint density at radius 3 is 2.21 bits per heavy atom. The number of rotatable bonds is 6. The molecule has 2 amide bonds. The second kappa shape index (κ2) is 8.89. The van der Waals surface area contributed by atoms with Crippen LogP contribution in [0.15, 0.2) is 48.5 Å². The van der Waals surface area contributed by atoms with Gasteiger partial charge in [0.25, 0.3) is 0 Å². The molecule has 2 unspecified atom stereocenters. The number of carboxylic acid groups (broad SMARTS) is 1. The van der Waals surface area contributed by atoms with Crippen LogP contribution in [-0.2, 0) is 14.3 Å². The Morgan fingerprint density at radius 1 is 1.09 bits per heavy atom. The maximum atomic E-state index is 12.7. The van der Waals surface area contributed by atoms with E-state index >= 15 is 0 Å². The van der Waals surface area contributed by atoms with Crippen LogP contribution in [0, 0.1) is 11.3 Å². The number of carbonyl (C=O) groups excluding carboxylic acids is 2. The van der Waals surface area contributed by atoms with Crippen LogP contribution < -0.4 is 5.32 Å². The van der Waals surface area contributed by atoms with Gasteiger partial charge in [0.2, 0.25) is 5.91 Å². The molecule has 7 nitrogen and oxygen atoms in total. The number of carboxylic acids is 1. The third-order valence-corrected chi connectivity index (χ3v) is 6.78. The molecule has 2 N–H and O–H groups in total. The van der Waals surface area contributed by atoms with E-state index in [1.807, 2.05) is 38.1 Å². The fourth-order valence-electron chi connectivity index (χ4n) is 5.02. The minimum Gasteiger partial charge on any atom is -0.481 e. The van der Waals surface area contributed by atoms with E-state index in [4.69, 9.17) is 4.74 Å². The summed E-state index contributed by atoms with van der Waals surface area (Å²) in [6.45, 7) is 6.25. The number of fused-ring (bicyclic) bond motifs is 3. The largest absolute Gasteiger partial charge is 0.481 e. The van der Waals surface area contributed by atoms with E-state index in [0.717, 1.165) is 22.3 Å². The van der Waals surface area contributed by atoms with Crippen molar-refractivity contribution in [1.82, 2.24) is 10.2 Å². The highest BCUT2D eigenvalue weighted by Gasteiger charge is 2.45. The molecule has 1 saturated heterocycles. The molecule has 4 rings (SSSR count). The Hall–Kier alpha value is -3.35. The molecule has 0 aromatic heterocycles. The zero-order valence-corrected chi connectivity index (χ0v) is 19.2. The summed E-state index contributed by atoms with van der Waals surface area (Å²) in [6, 6.07) is 15.8. The third kappa shape index (κ3) is 4.58. The summed E-state index contributed by atoms with van der Waals surface area (Å²) in [4.78, 5) is 38.2. The van der Waals surface area contributed by atoms with E-state index in [1.54, 1.807) is 11.8 Å². The molecule has 2 atom stereocenters. The predicted octanol–water partition coefficient (Wildman–Crippen LogP) is 3.87. The van der Waals surface area contributed by atoms with Gasteiger partial charge in [-0.1, -0.05) is 62.4 Å². The summed E-state index contributed by atoms with van der Waals surface area (Å²) in [5.41, 5.74) is 4.12. The van der Waals surface area contributed by atoms with E-state index in [-0.39, 0.29) is 31.4 Å². The molecule has 1 aliphatic heterocycles. The van der Waals surface area contributed by atoms with Crippen LogP contribution in [0.1, 0.15) is 44.2 Å². The highest BCUT2D eigenvalue weighted by molar-refractivity contribution is 5.81. The monoisotopic (exact) mass is 450 g/mol. The highest BCUT2D eigenvalue weighted by atomic mass is 16.5. The van der Waals surface area contributed by atoms with Crippen molar-refractivity contribution in [3.63, 3.8) is 0 Å². The molecule has 0 spiro atoms. The van der Waals surface area contributed by atoms with Crippen molar-refractivity contribution in [1.29, 1.82) is 0 Å². The number of likely N-dealkylation sites (tertiary alicyclic amines) is 1. The number of hydrogen-bond acceptors (Lipinski definition) is 4. The number of nitrogens with zero attached hydrogens (tertiary/aromatic N) is 1. The summed E-state index contributed by atoms with van der Waals surface area (Å²) in [5.74, 6) is -1.68. The van der Waals surface area contributed by atoms with Gasteiger partial charge < -0.3 is 20.1 Å². The van der Waals surface area contributed by atoms with Gasteiger partial charge in [-0.05, 0) is 34.6 Å². The average Bonchev–Trinajstić information content (AvgIpc) is 3.26. The summed E-state index contributed by atoms with van der Waals surface area (Å²) in [7, 11) is 0. The van der Waals surface area contributed by atoms with E-state index in [2.05, 4.69) is 29.6 Å². The smallest absolute Gasteiger partial charge is 0.407 e. The van der Waals surface area contributed by atoms with Crippen molar-refractivity contribution in [2.45, 2.75) is 39.2 Å². The molecule has 0 bridgehead atoms. The fourth-order valence-corrected chi connectivity index (χ4v) is 5.02. The van der Waals surface area contributed by atoms with Crippen molar-refractivity contribution in [3.8, 4) is 11.1 Å². The van der Waals surface area contributed by atoms with E-state index in [0.29, 0.717) is 6.54 Å². The number of carbonyl (C=O) groups is 3. The molecule has 1 fully saturated rings. The molecule has 174 valence electrons. The first-order chi connectivity index (χ1) is 15.7. The number of ether oxygens (including phenoxy) is 1. The number of nitrogens with one attached hydrogen (secondary N) is 1. The van der Waals surface area contributed by atoms with Crippen LogP contribution >= 0.6 is 0 Å². The number of aliphatic carboxylic acids is 1.